The predicted octanol–water partition coefficient (Wildman–Crippen LogP) is 3.92. The molecule has 3 N–H and O–H groups in total. The fourth-order valence-electron chi connectivity index (χ4n) is 3.16. The highest BCUT2D eigenvalue weighted by Crippen LogP contribution is 2.36. The summed E-state index contributed by atoms with van der Waals surface area (Å²) in [6, 6.07) is 10.1. The first-order chi connectivity index (χ1) is 12.3. The number of rotatable bonds is 8. The van der Waals surface area contributed by atoms with Gasteiger partial charge in [0.25, 0.3) is 0 Å². The number of benzene rings is 1. The van der Waals surface area contributed by atoms with Crippen LogP contribution in [0.15, 0.2) is 36.5 Å². The Morgan fingerprint density at radius 1 is 1.20 bits per heavy atom. The van der Waals surface area contributed by atoms with Crippen LogP contribution in [-0.2, 0) is 6.42 Å². The number of aromatic nitrogens is 2. The van der Waals surface area contributed by atoms with Crippen molar-refractivity contribution in [3.05, 3.63) is 42.1 Å². The molecule has 0 spiro atoms. The lowest BCUT2D eigenvalue weighted by Gasteiger charge is -2.09. The average Bonchev–Trinajstić information content (AvgIpc) is 3.00. The molecule has 5 heteroatoms. The van der Waals surface area contributed by atoms with Crippen LogP contribution in [0.25, 0.3) is 22.2 Å². The van der Waals surface area contributed by atoms with Crippen LogP contribution in [0.4, 0.5) is 0 Å². The van der Waals surface area contributed by atoms with E-state index in [1.807, 2.05) is 25.1 Å². The molecule has 0 aliphatic carbocycles. The molecule has 0 bridgehead atoms. The Morgan fingerprint density at radius 3 is 2.84 bits per heavy atom. The molecule has 3 rings (SSSR count). The number of hydrogen-bond acceptors (Lipinski definition) is 4. The van der Waals surface area contributed by atoms with Crippen molar-refractivity contribution >= 4 is 10.9 Å². The first kappa shape index (κ1) is 17.3. The number of aryl methyl sites for hydroxylation is 1. The molecule has 3 aromatic rings. The summed E-state index contributed by atoms with van der Waals surface area (Å²) in [6.45, 7) is 3.36. The van der Waals surface area contributed by atoms with Crippen LogP contribution < -0.4 is 15.2 Å². The molecule has 1 aromatic carbocycles. The lowest BCUT2D eigenvalue weighted by molar-refractivity contribution is 0.340. The molecule has 0 unspecified atom stereocenters. The Kier molecular flexibility index (Phi) is 5.56. The molecule has 0 aliphatic rings. The van der Waals surface area contributed by atoms with Gasteiger partial charge < -0.3 is 20.2 Å². The maximum atomic E-state index is 5.68. The molecule has 0 saturated carbocycles. The van der Waals surface area contributed by atoms with Crippen molar-refractivity contribution in [3.8, 4) is 22.9 Å². The van der Waals surface area contributed by atoms with E-state index in [0.717, 1.165) is 41.8 Å². The fourth-order valence-corrected chi connectivity index (χ4v) is 3.16. The molecule has 0 saturated heterocycles. The minimum Gasteiger partial charge on any atom is -0.494 e. The maximum absolute atomic E-state index is 5.68. The second-order valence-electron chi connectivity index (χ2n) is 5.92. The highest BCUT2D eigenvalue weighted by Gasteiger charge is 2.17. The summed E-state index contributed by atoms with van der Waals surface area (Å²) in [5, 5.41) is 1.18. The van der Waals surface area contributed by atoms with Crippen LogP contribution in [0.5, 0.6) is 11.6 Å². The number of nitrogens with two attached hydrogens (primary N) is 1. The minimum atomic E-state index is 0.624. The first-order valence-electron chi connectivity index (χ1n) is 8.75. The number of nitrogens with one attached hydrogen (secondary N) is 1. The molecule has 2 heterocycles. The lowest BCUT2D eigenvalue weighted by Crippen LogP contribution is -2.00. The number of nitrogens with zero attached hydrogens (tertiary/aromatic N) is 1. The van der Waals surface area contributed by atoms with Crippen LogP contribution in [0, 0.1) is 0 Å². The zero-order valence-electron chi connectivity index (χ0n) is 14.8. The molecule has 25 heavy (non-hydrogen) atoms. The van der Waals surface area contributed by atoms with Crippen LogP contribution in [0.2, 0.25) is 0 Å². The smallest absolute Gasteiger partial charge is 0.222 e. The van der Waals surface area contributed by atoms with Gasteiger partial charge in [-0.3, -0.25) is 0 Å². The summed E-state index contributed by atoms with van der Waals surface area (Å²) < 4.78 is 11.1. The predicted molar refractivity (Wildman–Crippen MR) is 101 cm³/mol. The van der Waals surface area contributed by atoms with Crippen LogP contribution >= 0.6 is 0 Å². The van der Waals surface area contributed by atoms with Crippen LogP contribution in [0.1, 0.15) is 25.3 Å². The molecular weight excluding hydrogens is 314 g/mol. The summed E-state index contributed by atoms with van der Waals surface area (Å²) in [4.78, 5) is 7.89. The van der Waals surface area contributed by atoms with E-state index in [1.165, 1.54) is 10.9 Å². The molecule has 0 fully saturated rings. The first-order valence-corrected chi connectivity index (χ1v) is 8.75. The highest BCUT2D eigenvalue weighted by atomic mass is 16.5. The van der Waals surface area contributed by atoms with Crippen molar-refractivity contribution in [2.24, 2.45) is 5.73 Å². The molecule has 5 nitrogen and oxygen atoms in total. The number of pyridine rings is 1. The third-order valence-electron chi connectivity index (χ3n) is 4.30. The highest BCUT2D eigenvalue weighted by molar-refractivity contribution is 5.92. The van der Waals surface area contributed by atoms with Crippen LogP contribution in [-0.4, -0.2) is 30.2 Å². The Morgan fingerprint density at radius 2 is 2.08 bits per heavy atom. The number of H-pyrrole nitrogens is 1. The molecule has 0 aliphatic heterocycles. The van der Waals surface area contributed by atoms with Gasteiger partial charge in [0.1, 0.15) is 5.75 Å². The quantitative estimate of drug-likeness (QED) is 0.610. The number of unbranched alkanes of at least 4 members (excludes halogenated alkanes) is 1. The summed E-state index contributed by atoms with van der Waals surface area (Å²) in [5.74, 6) is 1.51. The second kappa shape index (κ2) is 8.03. The molecule has 0 atom stereocenters. The molecule has 132 valence electrons. The van der Waals surface area contributed by atoms with Gasteiger partial charge in [-0.1, -0.05) is 0 Å². The number of methoxy groups -OCH3 is 1. The fraction of sp³-hybridized carbons (Fsp3) is 0.350. The van der Waals surface area contributed by atoms with Crippen molar-refractivity contribution in [2.45, 2.75) is 26.2 Å². The number of ether oxygens (including phenoxy) is 2. The van der Waals surface area contributed by atoms with Gasteiger partial charge >= 0.3 is 0 Å². The van der Waals surface area contributed by atoms with Crippen molar-refractivity contribution in [3.63, 3.8) is 0 Å². The van der Waals surface area contributed by atoms with Gasteiger partial charge in [-0.15, -0.1) is 0 Å². The topological polar surface area (TPSA) is 73.2 Å². The summed E-state index contributed by atoms with van der Waals surface area (Å²) in [7, 11) is 1.65. The van der Waals surface area contributed by atoms with E-state index < -0.39 is 0 Å². The van der Waals surface area contributed by atoms with Gasteiger partial charge in [-0.2, -0.15) is 0 Å². The average molecular weight is 339 g/mol. The van der Waals surface area contributed by atoms with Gasteiger partial charge in [0.2, 0.25) is 5.88 Å². The van der Waals surface area contributed by atoms with E-state index in [2.05, 4.69) is 22.1 Å². The van der Waals surface area contributed by atoms with E-state index in [9.17, 15) is 0 Å². The number of aromatic amines is 1. The molecule has 0 amide bonds. The van der Waals surface area contributed by atoms with E-state index >= 15 is 0 Å². The molecule has 0 radical (unpaired) electrons. The zero-order valence-corrected chi connectivity index (χ0v) is 14.8. The van der Waals surface area contributed by atoms with Gasteiger partial charge in [0.05, 0.1) is 25.0 Å². The maximum Gasteiger partial charge on any atom is 0.222 e. The number of hydrogen-bond donors (Lipinski definition) is 2. The summed E-state index contributed by atoms with van der Waals surface area (Å²) in [6.07, 6.45) is 4.73. The summed E-state index contributed by atoms with van der Waals surface area (Å²) >= 11 is 0. The Labute approximate surface area is 148 Å². The summed E-state index contributed by atoms with van der Waals surface area (Å²) in [5.41, 5.74) is 10.1. The monoisotopic (exact) mass is 339 g/mol. The Bertz CT molecular complexity index is 842. The number of fused-ring (bicyclic) bond motifs is 1. The van der Waals surface area contributed by atoms with Gasteiger partial charge in [0, 0.05) is 17.1 Å². The standard InChI is InChI=1S/C20H25N3O2/c1-3-25-14-9-10-18-17(13-14)15(7-4-5-11-21)19(23-18)16-8-6-12-22-20(16)24-2/h6,8-10,12-13,23H,3-5,7,11,21H2,1-2H3. The third kappa shape index (κ3) is 3.61. The molecule has 2 aromatic heterocycles. The van der Waals surface area contributed by atoms with E-state index in [4.69, 9.17) is 15.2 Å². The Hall–Kier alpha value is -2.53. The minimum absolute atomic E-state index is 0.624. The largest absolute Gasteiger partial charge is 0.494 e. The second-order valence-corrected chi connectivity index (χ2v) is 5.92. The third-order valence-corrected chi connectivity index (χ3v) is 4.30. The van der Waals surface area contributed by atoms with E-state index in [1.54, 1.807) is 13.3 Å². The van der Waals surface area contributed by atoms with Crippen molar-refractivity contribution in [2.75, 3.05) is 20.3 Å². The van der Waals surface area contributed by atoms with E-state index in [-0.39, 0.29) is 0 Å². The SMILES string of the molecule is CCOc1ccc2[nH]c(-c3cccnc3OC)c(CCCCN)c2c1. The molecular formula is C20H25N3O2. The Balaban J connectivity index is 2.14. The van der Waals surface area contributed by atoms with Crippen LogP contribution in [0.3, 0.4) is 0 Å². The lowest BCUT2D eigenvalue weighted by atomic mass is 10.0. The van der Waals surface area contributed by atoms with Crippen molar-refractivity contribution in [1.29, 1.82) is 0 Å². The van der Waals surface area contributed by atoms with E-state index in [0.29, 0.717) is 19.0 Å². The van der Waals surface area contributed by atoms with Gasteiger partial charge in [-0.05, 0) is 68.6 Å². The van der Waals surface area contributed by atoms with Crippen molar-refractivity contribution in [1.82, 2.24) is 9.97 Å². The van der Waals surface area contributed by atoms with Crippen molar-refractivity contribution < 1.29 is 9.47 Å². The zero-order chi connectivity index (χ0) is 17.6. The van der Waals surface area contributed by atoms with Gasteiger partial charge in [-0.25, -0.2) is 4.98 Å². The van der Waals surface area contributed by atoms with Gasteiger partial charge in [0.15, 0.2) is 0 Å². The normalized spacial score (nSPS) is 11.0.